The molecular formula is C14H30N2. The second-order valence-electron chi connectivity index (χ2n) is 5.38. The quantitative estimate of drug-likeness (QED) is 0.700. The lowest BCUT2D eigenvalue weighted by Crippen LogP contribution is -2.36. The zero-order chi connectivity index (χ0) is 11.8. The van der Waals surface area contributed by atoms with E-state index in [0.29, 0.717) is 0 Å². The minimum Gasteiger partial charge on any atom is -0.330 e. The van der Waals surface area contributed by atoms with Crippen LogP contribution in [0, 0.1) is 17.8 Å². The molecule has 3 N–H and O–H groups in total. The maximum Gasteiger partial charge on any atom is -0.00173 e. The van der Waals surface area contributed by atoms with Crippen LogP contribution >= 0.6 is 0 Å². The molecule has 96 valence electrons. The molecule has 2 unspecified atom stereocenters. The molecule has 1 rings (SSSR count). The molecule has 0 aromatic rings. The zero-order valence-corrected chi connectivity index (χ0v) is 11.2. The summed E-state index contributed by atoms with van der Waals surface area (Å²) in [5, 5.41) is 3.67. The standard InChI is InChI=1S/C14H30N2/c1-3-12(4-2)10-16-11-14-8-6-5-7-13(14)9-15/h12-14,16H,3-11,15H2,1-2H3. The first-order valence-electron chi connectivity index (χ1n) is 7.22. The van der Waals surface area contributed by atoms with Crippen LogP contribution in [-0.2, 0) is 0 Å². The van der Waals surface area contributed by atoms with Crippen LogP contribution in [0.1, 0.15) is 52.4 Å². The molecular weight excluding hydrogens is 196 g/mol. The van der Waals surface area contributed by atoms with Gasteiger partial charge in [0, 0.05) is 0 Å². The SMILES string of the molecule is CCC(CC)CNCC1CCCCC1CN. The molecule has 1 saturated carbocycles. The Bertz CT molecular complexity index is 166. The predicted molar refractivity (Wildman–Crippen MR) is 71.4 cm³/mol. The predicted octanol–water partition coefficient (Wildman–Crippen LogP) is 2.78. The fourth-order valence-electron chi connectivity index (χ4n) is 2.91. The first-order valence-corrected chi connectivity index (χ1v) is 7.22. The van der Waals surface area contributed by atoms with Crippen molar-refractivity contribution < 1.29 is 0 Å². The van der Waals surface area contributed by atoms with Crippen molar-refractivity contribution in [2.24, 2.45) is 23.5 Å². The summed E-state index contributed by atoms with van der Waals surface area (Å²) >= 11 is 0. The molecule has 2 nitrogen and oxygen atoms in total. The summed E-state index contributed by atoms with van der Waals surface area (Å²) in [4.78, 5) is 0. The van der Waals surface area contributed by atoms with Crippen LogP contribution in [-0.4, -0.2) is 19.6 Å². The first kappa shape index (κ1) is 14.0. The second kappa shape index (κ2) is 8.08. The van der Waals surface area contributed by atoms with Crippen LogP contribution in [0.25, 0.3) is 0 Å². The molecule has 0 aliphatic heterocycles. The van der Waals surface area contributed by atoms with Crippen LogP contribution < -0.4 is 11.1 Å². The van der Waals surface area contributed by atoms with E-state index in [0.717, 1.165) is 24.3 Å². The second-order valence-corrected chi connectivity index (χ2v) is 5.38. The Kier molecular flexibility index (Phi) is 7.06. The van der Waals surface area contributed by atoms with E-state index < -0.39 is 0 Å². The highest BCUT2D eigenvalue weighted by atomic mass is 14.9. The summed E-state index contributed by atoms with van der Waals surface area (Å²) < 4.78 is 0. The molecule has 0 spiro atoms. The smallest absolute Gasteiger partial charge is 0.00173 e. The highest BCUT2D eigenvalue weighted by Crippen LogP contribution is 2.28. The van der Waals surface area contributed by atoms with Gasteiger partial charge in [-0.25, -0.2) is 0 Å². The number of nitrogens with two attached hydrogens (primary N) is 1. The van der Waals surface area contributed by atoms with Crippen LogP contribution in [0.4, 0.5) is 0 Å². The van der Waals surface area contributed by atoms with Gasteiger partial charge in [0.15, 0.2) is 0 Å². The monoisotopic (exact) mass is 226 g/mol. The number of rotatable bonds is 7. The summed E-state index contributed by atoms with van der Waals surface area (Å²) in [5.41, 5.74) is 5.85. The van der Waals surface area contributed by atoms with E-state index in [4.69, 9.17) is 5.73 Å². The van der Waals surface area contributed by atoms with Gasteiger partial charge in [0.2, 0.25) is 0 Å². The average molecular weight is 226 g/mol. The van der Waals surface area contributed by atoms with Crippen molar-refractivity contribution in [1.82, 2.24) is 5.32 Å². The molecule has 1 aliphatic rings. The Hall–Kier alpha value is -0.0800. The molecule has 0 bridgehead atoms. The third-order valence-electron chi connectivity index (χ3n) is 4.36. The normalized spacial score (nSPS) is 26.2. The fraction of sp³-hybridized carbons (Fsp3) is 1.00. The number of hydrogen-bond acceptors (Lipinski definition) is 2. The molecule has 1 aliphatic carbocycles. The lowest BCUT2D eigenvalue weighted by Gasteiger charge is -2.31. The summed E-state index contributed by atoms with van der Waals surface area (Å²) in [6.45, 7) is 7.86. The highest BCUT2D eigenvalue weighted by Gasteiger charge is 2.23. The van der Waals surface area contributed by atoms with Crippen molar-refractivity contribution in [3.63, 3.8) is 0 Å². The van der Waals surface area contributed by atoms with E-state index in [1.54, 1.807) is 0 Å². The first-order chi connectivity index (χ1) is 7.81. The topological polar surface area (TPSA) is 38.0 Å². The van der Waals surface area contributed by atoms with Crippen molar-refractivity contribution in [2.75, 3.05) is 19.6 Å². The van der Waals surface area contributed by atoms with Gasteiger partial charge in [-0.05, 0) is 50.2 Å². The van der Waals surface area contributed by atoms with Gasteiger partial charge in [0.05, 0.1) is 0 Å². The van der Waals surface area contributed by atoms with Gasteiger partial charge in [-0.3, -0.25) is 0 Å². The summed E-state index contributed by atoms with van der Waals surface area (Å²) in [6, 6.07) is 0. The van der Waals surface area contributed by atoms with Crippen molar-refractivity contribution in [3.8, 4) is 0 Å². The van der Waals surface area contributed by atoms with Crippen molar-refractivity contribution in [1.29, 1.82) is 0 Å². The number of nitrogens with one attached hydrogen (secondary N) is 1. The van der Waals surface area contributed by atoms with Crippen LogP contribution in [0.3, 0.4) is 0 Å². The molecule has 0 aromatic carbocycles. The maximum absolute atomic E-state index is 5.85. The Labute approximate surface area is 101 Å². The maximum atomic E-state index is 5.85. The number of hydrogen-bond donors (Lipinski definition) is 2. The van der Waals surface area contributed by atoms with Crippen LogP contribution in [0.15, 0.2) is 0 Å². The minimum atomic E-state index is 0.781. The Morgan fingerprint density at radius 2 is 1.75 bits per heavy atom. The molecule has 0 aromatic heterocycles. The zero-order valence-electron chi connectivity index (χ0n) is 11.2. The summed E-state index contributed by atoms with van der Waals surface area (Å²) in [7, 11) is 0. The lowest BCUT2D eigenvalue weighted by atomic mass is 9.79. The van der Waals surface area contributed by atoms with Gasteiger partial charge in [-0.15, -0.1) is 0 Å². The fourth-order valence-corrected chi connectivity index (χ4v) is 2.91. The van der Waals surface area contributed by atoms with E-state index in [1.807, 2.05) is 0 Å². The third-order valence-corrected chi connectivity index (χ3v) is 4.36. The minimum absolute atomic E-state index is 0.781. The molecule has 0 saturated heterocycles. The lowest BCUT2D eigenvalue weighted by molar-refractivity contribution is 0.232. The van der Waals surface area contributed by atoms with E-state index in [9.17, 15) is 0 Å². The largest absolute Gasteiger partial charge is 0.330 e. The van der Waals surface area contributed by atoms with E-state index in [2.05, 4.69) is 19.2 Å². The third kappa shape index (κ3) is 4.42. The van der Waals surface area contributed by atoms with Gasteiger partial charge in [-0.1, -0.05) is 39.5 Å². The average Bonchev–Trinajstić information content (AvgIpc) is 2.35. The highest BCUT2D eigenvalue weighted by molar-refractivity contribution is 4.78. The summed E-state index contributed by atoms with van der Waals surface area (Å²) in [5.74, 6) is 2.48. The molecule has 2 atom stereocenters. The van der Waals surface area contributed by atoms with E-state index in [-0.39, 0.29) is 0 Å². The Balaban J connectivity index is 2.19. The summed E-state index contributed by atoms with van der Waals surface area (Å²) in [6.07, 6.45) is 8.15. The van der Waals surface area contributed by atoms with Gasteiger partial charge in [0.25, 0.3) is 0 Å². The van der Waals surface area contributed by atoms with Gasteiger partial charge in [-0.2, -0.15) is 0 Å². The van der Waals surface area contributed by atoms with Gasteiger partial charge in [0.1, 0.15) is 0 Å². The Morgan fingerprint density at radius 1 is 1.12 bits per heavy atom. The van der Waals surface area contributed by atoms with Crippen molar-refractivity contribution in [2.45, 2.75) is 52.4 Å². The molecule has 0 heterocycles. The molecule has 16 heavy (non-hydrogen) atoms. The van der Waals surface area contributed by atoms with Crippen LogP contribution in [0.5, 0.6) is 0 Å². The molecule has 1 fully saturated rings. The van der Waals surface area contributed by atoms with Gasteiger partial charge < -0.3 is 11.1 Å². The van der Waals surface area contributed by atoms with E-state index >= 15 is 0 Å². The Morgan fingerprint density at radius 3 is 2.31 bits per heavy atom. The molecule has 2 heteroatoms. The molecule has 0 radical (unpaired) electrons. The van der Waals surface area contributed by atoms with Crippen molar-refractivity contribution >= 4 is 0 Å². The van der Waals surface area contributed by atoms with Gasteiger partial charge >= 0.3 is 0 Å². The van der Waals surface area contributed by atoms with Crippen molar-refractivity contribution in [3.05, 3.63) is 0 Å². The van der Waals surface area contributed by atoms with Crippen LogP contribution in [0.2, 0.25) is 0 Å². The van der Waals surface area contributed by atoms with E-state index in [1.165, 1.54) is 51.6 Å². The molecule has 0 amide bonds.